The van der Waals surface area contributed by atoms with Crippen molar-refractivity contribution < 1.29 is 14.6 Å². The van der Waals surface area contributed by atoms with E-state index in [-0.39, 0.29) is 6.04 Å². The molecule has 2 aromatic rings. The van der Waals surface area contributed by atoms with Crippen LogP contribution in [0.15, 0.2) is 36.7 Å². The lowest BCUT2D eigenvalue weighted by Gasteiger charge is -2.31. The molecule has 6 heteroatoms. The number of piperidine rings is 1. The maximum Gasteiger partial charge on any atom is 0.404 e. The lowest BCUT2D eigenvalue weighted by molar-refractivity contribution is 0.154. The molecule has 0 aliphatic carbocycles. The van der Waals surface area contributed by atoms with Crippen molar-refractivity contribution in [1.82, 2.24) is 15.2 Å². The van der Waals surface area contributed by atoms with Crippen LogP contribution in [0.5, 0.6) is 5.75 Å². The highest BCUT2D eigenvalue weighted by Gasteiger charge is 2.20. The Kier molecular flexibility index (Phi) is 4.92. The number of likely N-dealkylation sites (tertiary alicyclic amines) is 1. The van der Waals surface area contributed by atoms with Crippen molar-refractivity contribution in [3.05, 3.63) is 36.7 Å². The molecule has 122 valence electrons. The maximum absolute atomic E-state index is 10.6. The fourth-order valence-electron chi connectivity index (χ4n) is 2.98. The number of rotatable bonds is 5. The predicted octanol–water partition coefficient (Wildman–Crippen LogP) is 2.35. The van der Waals surface area contributed by atoms with Crippen LogP contribution in [0.2, 0.25) is 0 Å². The van der Waals surface area contributed by atoms with Crippen LogP contribution in [-0.4, -0.2) is 53.4 Å². The molecule has 0 radical (unpaired) electrons. The lowest BCUT2D eigenvalue weighted by atomic mass is 10.1. The zero-order valence-corrected chi connectivity index (χ0v) is 12.9. The Bertz CT molecular complexity index is 664. The fraction of sp³-hybridized carbons (Fsp3) is 0.412. The molecule has 0 bridgehead atoms. The maximum atomic E-state index is 10.6. The van der Waals surface area contributed by atoms with Crippen molar-refractivity contribution in [2.75, 3.05) is 26.2 Å². The summed E-state index contributed by atoms with van der Waals surface area (Å²) in [6, 6.07) is 8.02. The predicted molar refractivity (Wildman–Crippen MR) is 87.9 cm³/mol. The number of nitrogens with one attached hydrogen (secondary N) is 1. The summed E-state index contributed by atoms with van der Waals surface area (Å²) in [5.74, 6) is 0.882. The molecule has 1 fully saturated rings. The van der Waals surface area contributed by atoms with Crippen molar-refractivity contribution in [2.45, 2.75) is 18.9 Å². The van der Waals surface area contributed by atoms with E-state index in [9.17, 15) is 4.79 Å². The third-order valence-corrected chi connectivity index (χ3v) is 4.22. The number of nitrogens with zero attached hydrogens (tertiary/aromatic N) is 2. The Hall–Kier alpha value is -2.34. The van der Waals surface area contributed by atoms with Crippen molar-refractivity contribution in [1.29, 1.82) is 0 Å². The molecule has 3 rings (SSSR count). The van der Waals surface area contributed by atoms with Crippen molar-refractivity contribution in [3.8, 4) is 5.75 Å². The van der Waals surface area contributed by atoms with Gasteiger partial charge in [-0.3, -0.25) is 9.88 Å². The van der Waals surface area contributed by atoms with Crippen LogP contribution in [-0.2, 0) is 0 Å². The Morgan fingerprint density at radius 1 is 1.35 bits per heavy atom. The lowest BCUT2D eigenvalue weighted by Crippen LogP contribution is -2.45. The van der Waals surface area contributed by atoms with Crippen LogP contribution in [0.4, 0.5) is 4.79 Å². The molecule has 0 saturated carbocycles. The Morgan fingerprint density at radius 3 is 2.96 bits per heavy atom. The minimum atomic E-state index is -0.933. The summed E-state index contributed by atoms with van der Waals surface area (Å²) in [6.45, 7) is 3.27. The highest BCUT2D eigenvalue weighted by Crippen LogP contribution is 2.24. The van der Waals surface area contributed by atoms with E-state index < -0.39 is 6.09 Å². The van der Waals surface area contributed by atoms with Crippen LogP contribution in [0.1, 0.15) is 12.8 Å². The summed E-state index contributed by atoms with van der Waals surface area (Å²) in [4.78, 5) is 17.1. The van der Waals surface area contributed by atoms with Gasteiger partial charge in [-0.2, -0.15) is 0 Å². The van der Waals surface area contributed by atoms with Crippen LogP contribution >= 0.6 is 0 Å². The number of fused-ring (bicyclic) bond motifs is 1. The summed E-state index contributed by atoms with van der Waals surface area (Å²) in [5, 5.41) is 13.4. The van der Waals surface area contributed by atoms with Crippen LogP contribution in [0, 0.1) is 0 Å². The molecule has 1 amide bonds. The third kappa shape index (κ3) is 4.10. The number of pyridine rings is 1. The highest BCUT2D eigenvalue weighted by molar-refractivity contribution is 5.87. The van der Waals surface area contributed by atoms with Gasteiger partial charge in [0.2, 0.25) is 0 Å². The van der Waals surface area contributed by atoms with Gasteiger partial charge in [-0.25, -0.2) is 4.79 Å². The number of aromatic nitrogens is 1. The molecule has 2 heterocycles. The topological polar surface area (TPSA) is 74.7 Å². The summed E-state index contributed by atoms with van der Waals surface area (Å²) >= 11 is 0. The second kappa shape index (κ2) is 7.28. The van der Waals surface area contributed by atoms with E-state index in [1.54, 1.807) is 6.20 Å². The summed E-state index contributed by atoms with van der Waals surface area (Å²) in [6.07, 6.45) is 4.38. The number of ether oxygens (including phenoxy) is 1. The molecular weight excluding hydrogens is 294 g/mol. The standard InChI is InChI=1S/C17H21N3O3/c21-17(22)19-14-5-8-20(9-6-14)10-11-23-16-3-1-2-13-12-18-7-4-15(13)16/h1-4,7,12,14,19H,5-6,8-11H2,(H,21,22). The van der Waals surface area contributed by atoms with E-state index in [1.165, 1.54) is 0 Å². The number of carboxylic acid groups (broad SMARTS) is 1. The molecule has 0 atom stereocenters. The van der Waals surface area contributed by atoms with Gasteiger partial charge >= 0.3 is 6.09 Å². The van der Waals surface area contributed by atoms with Gasteiger partial charge in [0.15, 0.2) is 0 Å². The molecular formula is C17H21N3O3. The van der Waals surface area contributed by atoms with Crippen LogP contribution in [0.3, 0.4) is 0 Å². The SMILES string of the molecule is O=C(O)NC1CCN(CCOc2cccc3cnccc23)CC1. The smallest absolute Gasteiger partial charge is 0.404 e. The molecule has 1 aliphatic heterocycles. The molecule has 0 spiro atoms. The molecule has 1 aromatic heterocycles. The van der Waals surface area contributed by atoms with E-state index in [2.05, 4.69) is 15.2 Å². The largest absolute Gasteiger partial charge is 0.492 e. The van der Waals surface area contributed by atoms with Gasteiger partial charge in [0.25, 0.3) is 0 Å². The number of carbonyl (C=O) groups is 1. The number of hydrogen-bond donors (Lipinski definition) is 2. The summed E-state index contributed by atoms with van der Waals surface area (Å²) in [7, 11) is 0. The first-order valence-electron chi connectivity index (χ1n) is 7.90. The van der Waals surface area contributed by atoms with E-state index >= 15 is 0 Å². The van der Waals surface area contributed by atoms with Crippen molar-refractivity contribution in [3.63, 3.8) is 0 Å². The van der Waals surface area contributed by atoms with Gasteiger partial charge in [-0.1, -0.05) is 12.1 Å². The second-order valence-corrected chi connectivity index (χ2v) is 5.77. The van der Waals surface area contributed by atoms with Gasteiger partial charge in [0.05, 0.1) is 0 Å². The first kappa shape index (κ1) is 15.6. The van der Waals surface area contributed by atoms with E-state index in [1.807, 2.05) is 30.5 Å². The molecule has 6 nitrogen and oxygen atoms in total. The van der Waals surface area contributed by atoms with Gasteiger partial charge in [-0.15, -0.1) is 0 Å². The molecule has 23 heavy (non-hydrogen) atoms. The zero-order valence-electron chi connectivity index (χ0n) is 12.9. The molecule has 2 N–H and O–H groups in total. The number of hydrogen-bond acceptors (Lipinski definition) is 4. The quantitative estimate of drug-likeness (QED) is 0.886. The van der Waals surface area contributed by atoms with E-state index in [0.29, 0.717) is 6.61 Å². The van der Waals surface area contributed by atoms with Crippen LogP contribution in [0.25, 0.3) is 10.8 Å². The average Bonchev–Trinajstić information content (AvgIpc) is 2.56. The zero-order chi connectivity index (χ0) is 16.1. The Morgan fingerprint density at radius 2 is 2.17 bits per heavy atom. The van der Waals surface area contributed by atoms with E-state index in [4.69, 9.17) is 9.84 Å². The third-order valence-electron chi connectivity index (χ3n) is 4.22. The van der Waals surface area contributed by atoms with Gasteiger partial charge in [0, 0.05) is 48.8 Å². The van der Waals surface area contributed by atoms with E-state index in [0.717, 1.165) is 49.0 Å². The number of benzene rings is 1. The first-order valence-corrected chi connectivity index (χ1v) is 7.90. The first-order chi connectivity index (χ1) is 11.2. The van der Waals surface area contributed by atoms with Crippen molar-refractivity contribution >= 4 is 16.9 Å². The van der Waals surface area contributed by atoms with Gasteiger partial charge in [-0.05, 0) is 25.0 Å². The van der Waals surface area contributed by atoms with Gasteiger partial charge < -0.3 is 15.2 Å². The molecule has 1 aliphatic rings. The molecule has 1 aromatic carbocycles. The fourth-order valence-corrected chi connectivity index (χ4v) is 2.98. The summed E-state index contributed by atoms with van der Waals surface area (Å²) in [5.41, 5.74) is 0. The minimum absolute atomic E-state index is 0.0789. The molecule has 1 saturated heterocycles. The van der Waals surface area contributed by atoms with Crippen molar-refractivity contribution in [2.24, 2.45) is 0 Å². The Labute approximate surface area is 135 Å². The monoisotopic (exact) mass is 315 g/mol. The van der Waals surface area contributed by atoms with Crippen LogP contribution < -0.4 is 10.1 Å². The molecule has 0 unspecified atom stereocenters. The average molecular weight is 315 g/mol. The summed E-state index contributed by atoms with van der Waals surface area (Å²) < 4.78 is 5.93. The highest BCUT2D eigenvalue weighted by atomic mass is 16.5. The van der Waals surface area contributed by atoms with Gasteiger partial charge in [0.1, 0.15) is 12.4 Å². The number of amides is 1. The minimum Gasteiger partial charge on any atom is -0.492 e. The second-order valence-electron chi connectivity index (χ2n) is 5.77. The normalized spacial score (nSPS) is 16.3. The Balaban J connectivity index is 1.47.